The first-order chi connectivity index (χ1) is 17.5. The Balaban J connectivity index is 1.28. The summed E-state index contributed by atoms with van der Waals surface area (Å²) < 4.78 is 27.4. The van der Waals surface area contributed by atoms with Crippen LogP contribution in [0.4, 0.5) is 14.5 Å². The highest BCUT2D eigenvalue weighted by molar-refractivity contribution is 6.07. The average molecular weight is 490 g/mol. The number of nitrogens with zero attached hydrogens (tertiary/aromatic N) is 3. The molecule has 1 saturated heterocycles. The van der Waals surface area contributed by atoms with E-state index in [-0.39, 0.29) is 36.3 Å². The van der Waals surface area contributed by atoms with Crippen LogP contribution in [0, 0.1) is 11.3 Å². The molecular weight excluding hydrogens is 460 g/mol. The minimum Gasteiger partial charge on any atom is -0.387 e. The van der Waals surface area contributed by atoms with E-state index >= 15 is 0 Å². The van der Waals surface area contributed by atoms with E-state index < -0.39 is 12.1 Å². The van der Waals surface area contributed by atoms with Crippen LogP contribution in [-0.2, 0) is 4.79 Å². The summed E-state index contributed by atoms with van der Waals surface area (Å²) in [5.74, 6) is -0.532. The van der Waals surface area contributed by atoms with Gasteiger partial charge in [0.15, 0.2) is 6.30 Å². The number of carbonyl (C=O) groups is 1. The average Bonchev–Trinajstić information content (AvgIpc) is 2.89. The normalized spacial score (nSPS) is 23.6. The molecule has 6 nitrogen and oxygen atoms in total. The topological polar surface area (TPSA) is 80.5 Å². The molecule has 186 valence electrons. The van der Waals surface area contributed by atoms with E-state index in [1.54, 1.807) is 18.2 Å². The number of hydrogen-bond acceptors (Lipinski definition) is 5. The number of anilines is 1. The number of hydrogen-bond donors (Lipinski definition) is 2. The molecule has 1 fully saturated rings. The van der Waals surface area contributed by atoms with Gasteiger partial charge < -0.3 is 15.5 Å². The number of aliphatic imine (C=N–C) groups is 1. The quantitative estimate of drug-likeness (QED) is 0.623. The predicted molar refractivity (Wildman–Crippen MR) is 137 cm³/mol. The first kappa shape index (κ1) is 24.0. The monoisotopic (exact) mass is 489 g/mol. The van der Waals surface area contributed by atoms with Crippen molar-refractivity contribution in [3.05, 3.63) is 63.8 Å². The van der Waals surface area contributed by atoms with Crippen LogP contribution >= 0.6 is 0 Å². The van der Waals surface area contributed by atoms with Gasteiger partial charge in [-0.15, -0.1) is 0 Å². The highest BCUT2D eigenvalue weighted by Gasteiger charge is 2.25. The van der Waals surface area contributed by atoms with Crippen molar-refractivity contribution >= 4 is 29.6 Å². The molecule has 1 aromatic rings. The van der Waals surface area contributed by atoms with Crippen molar-refractivity contribution in [2.45, 2.75) is 50.4 Å². The van der Waals surface area contributed by atoms with Crippen LogP contribution in [0.15, 0.2) is 52.8 Å². The van der Waals surface area contributed by atoms with Gasteiger partial charge in [0.05, 0.1) is 12.0 Å². The van der Waals surface area contributed by atoms with Crippen LogP contribution in [0.2, 0.25) is 0 Å². The van der Waals surface area contributed by atoms with Crippen LogP contribution in [-0.4, -0.2) is 48.5 Å². The zero-order valence-electron chi connectivity index (χ0n) is 20.0. The molecule has 0 spiro atoms. The van der Waals surface area contributed by atoms with Crippen molar-refractivity contribution in [1.29, 1.82) is 5.26 Å². The van der Waals surface area contributed by atoms with Crippen molar-refractivity contribution in [2.75, 3.05) is 25.0 Å². The molecule has 4 aliphatic rings. The molecule has 1 aliphatic carbocycles. The Bertz CT molecular complexity index is 1330. The predicted octanol–water partition coefficient (Wildman–Crippen LogP) is 3.09. The van der Waals surface area contributed by atoms with Gasteiger partial charge in [0.25, 0.3) is 0 Å². The van der Waals surface area contributed by atoms with Crippen LogP contribution in [0.1, 0.15) is 43.6 Å². The molecule has 2 N–H and O–H groups in total. The summed E-state index contributed by atoms with van der Waals surface area (Å²) >= 11 is 0. The highest BCUT2D eigenvalue weighted by Crippen LogP contribution is 2.31. The summed E-state index contributed by atoms with van der Waals surface area (Å²) in [6, 6.07) is 6.37. The second kappa shape index (κ2) is 10.5. The molecule has 2 unspecified atom stereocenters. The summed E-state index contributed by atoms with van der Waals surface area (Å²) in [6.07, 6.45) is 12.1. The van der Waals surface area contributed by atoms with Gasteiger partial charge >= 0.3 is 0 Å². The molecule has 8 heteroatoms. The zero-order valence-corrected chi connectivity index (χ0v) is 20.0. The van der Waals surface area contributed by atoms with Gasteiger partial charge in [0, 0.05) is 60.8 Å². The fourth-order valence-corrected chi connectivity index (χ4v) is 5.16. The third-order valence-electron chi connectivity index (χ3n) is 7.13. The zero-order chi connectivity index (χ0) is 25.1. The summed E-state index contributed by atoms with van der Waals surface area (Å²) in [5, 5.41) is 18.4. The lowest BCUT2D eigenvalue weighted by atomic mass is 9.88. The van der Waals surface area contributed by atoms with Crippen molar-refractivity contribution in [3.8, 4) is 6.07 Å². The Kier molecular flexibility index (Phi) is 6.99. The molecule has 0 saturated carbocycles. The number of likely N-dealkylation sites (tertiary alicyclic amines) is 1. The third kappa shape index (κ3) is 5.25. The van der Waals surface area contributed by atoms with E-state index in [1.165, 1.54) is 6.08 Å². The van der Waals surface area contributed by atoms with Gasteiger partial charge in [-0.1, -0.05) is 24.3 Å². The van der Waals surface area contributed by atoms with E-state index in [2.05, 4.69) is 33.8 Å². The van der Waals surface area contributed by atoms with Crippen molar-refractivity contribution in [3.63, 3.8) is 0 Å². The summed E-state index contributed by atoms with van der Waals surface area (Å²) in [7, 11) is 0. The molecule has 0 aromatic heterocycles. The van der Waals surface area contributed by atoms with Crippen LogP contribution in [0.5, 0.6) is 0 Å². The number of carbonyl (C=O) groups excluding carboxylic acids is 1. The van der Waals surface area contributed by atoms with Gasteiger partial charge in [-0.25, -0.2) is 8.78 Å². The minimum absolute atomic E-state index is 0.0184. The number of piperidine rings is 1. The van der Waals surface area contributed by atoms with E-state index in [0.717, 1.165) is 41.1 Å². The molecule has 0 bridgehead atoms. The van der Waals surface area contributed by atoms with E-state index in [4.69, 9.17) is 0 Å². The standard InChI is InChI=1S/C28H29F2N5O/c29-25-5-4-18(12-21(25)16-31)20-13-19-6-9-32-17-24(19)26(14-20)33-22-7-10-35(11-8-22)28(36)15-23-2-1-3-27(30)34-23/h1-2,5-6,12-14,17-18,22,27,32-33H,3-4,7-11,15H2. The van der Waals surface area contributed by atoms with Crippen LogP contribution in [0.25, 0.3) is 12.3 Å². The Morgan fingerprint density at radius 1 is 1.25 bits per heavy atom. The number of dihydropyridines is 1. The number of allylic oxidation sites excluding steroid dienone is 5. The number of halogens is 2. The maximum absolute atomic E-state index is 13.9. The minimum atomic E-state index is -1.25. The van der Waals surface area contributed by atoms with Crippen molar-refractivity contribution in [2.24, 2.45) is 4.99 Å². The molecule has 5 rings (SSSR count). The van der Waals surface area contributed by atoms with Gasteiger partial charge in [-0.2, -0.15) is 5.26 Å². The van der Waals surface area contributed by atoms with Gasteiger partial charge in [-0.3, -0.25) is 9.79 Å². The van der Waals surface area contributed by atoms with E-state index in [9.17, 15) is 18.8 Å². The van der Waals surface area contributed by atoms with Gasteiger partial charge in [-0.05, 0) is 48.3 Å². The second-order valence-electron chi connectivity index (χ2n) is 9.58. The maximum atomic E-state index is 13.9. The Labute approximate surface area is 209 Å². The molecule has 1 amide bonds. The Morgan fingerprint density at radius 2 is 2.08 bits per heavy atom. The number of amides is 1. The molecule has 36 heavy (non-hydrogen) atoms. The second-order valence-corrected chi connectivity index (χ2v) is 9.58. The Morgan fingerprint density at radius 3 is 2.86 bits per heavy atom. The maximum Gasteiger partial charge on any atom is 0.228 e. The van der Waals surface area contributed by atoms with Crippen LogP contribution in [0.3, 0.4) is 0 Å². The molecule has 2 atom stereocenters. The lowest BCUT2D eigenvalue weighted by Crippen LogP contribution is -2.44. The van der Waals surface area contributed by atoms with Crippen molar-refractivity contribution in [1.82, 2.24) is 10.2 Å². The number of fused-ring (bicyclic) bond motifs is 1. The smallest absolute Gasteiger partial charge is 0.228 e. The van der Waals surface area contributed by atoms with Gasteiger partial charge in [0.1, 0.15) is 11.9 Å². The summed E-state index contributed by atoms with van der Waals surface area (Å²) in [5.41, 5.74) is 2.63. The van der Waals surface area contributed by atoms with E-state index in [1.807, 2.05) is 17.2 Å². The fourth-order valence-electron chi connectivity index (χ4n) is 5.16. The van der Waals surface area contributed by atoms with E-state index in [0.29, 0.717) is 25.2 Å². The van der Waals surface area contributed by atoms with Crippen LogP contribution < -0.4 is 21.1 Å². The lowest BCUT2D eigenvalue weighted by Gasteiger charge is -2.33. The fraction of sp³-hybridized carbons (Fsp3) is 0.393. The summed E-state index contributed by atoms with van der Waals surface area (Å²) in [4.78, 5) is 18.5. The molecule has 3 aliphatic heterocycles. The van der Waals surface area contributed by atoms with Gasteiger partial charge in [0.2, 0.25) is 5.91 Å². The molecular formula is C28H29F2N5O. The number of nitrogens with one attached hydrogen (secondary N) is 2. The highest BCUT2D eigenvalue weighted by atomic mass is 19.1. The third-order valence-corrected chi connectivity index (χ3v) is 7.13. The Hall–Kier alpha value is -3.73. The summed E-state index contributed by atoms with van der Waals surface area (Å²) in [6.45, 7) is 1.99. The molecule has 3 heterocycles. The number of nitriles is 1. The molecule has 1 aromatic carbocycles. The number of alkyl halides is 1. The number of rotatable bonds is 5. The number of benzene rings is 1. The SMILES string of the molecule is N#CC1=CC(c2cc(NC3CCN(C(=O)CC4=NC(F)CC=C4)CC3)c3c(c2)=CCNC=3)CC=C1F. The lowest BCUT2D eigenvalue weighted by molar-refractivity contribution is -0.130. The molecule has 0 radical (unpaired) electrons. The first-order valence-corrected chi connectivity index (χ1v) is 12.5. The largest absolute Gasteiger partial charge is 0.387 e. The first-order valence-electron chi connectivity index (χ1n) is 12.5. The van der Waals surface area contributed by atoms with Crippen molar-refractivity contribution < 1.29 is 13.6 Å².